The molecular weight excluding hydrogens is 220 g/mol. The molecule has 3 N–H and O–H groups in total. The lowest BCUT2D eigenvalue weighted by Crippen LogP contribution is -2.44. The number of aromatic nitrogens is 2. The molecule has 1 aromatic rings. The Labute approximate surface area is 99.4 Å². The van der Waals surface area contributed by atoms with Crippen molar-refractivity contribution in [1.82, 2.24) is 5.10 Å². The molecule has 0 radical (unpaired) electrons. The predicted molar refractivity (Wildman–Crippen MR) is 61.3 cm³/mol. The first-order valence-corrected chi connectivity index (χ1v) is 5.79. The van der Waals surface area contributed by atoms with Gasteiger partial charge in [-0.1, -0.05) is 0 Å². The van der Waals surface area contributed by atoms with Crippen LogP contribution >= 0.6 is 0 Å². The SMILES string of the molecule is CCOC(=O)C[n+]1[nH]cc2c1CCCC2=NN. The van der Waals surface area contributed by atoms with Crippen LogP contribution < -0.4 is 10.5 Å². The number of nitrogens with zero attached hydrogens (tertiary/aromatic N) is 2. The van der Waals surface area contributed by atoms with E-state index in [0.29, 0.717) is 6.61 Å². The Morgan fingerprint density at radius 2 is 2.47 bits per heavy atom. The highest BCUT2D eigenvalue weighted by atomic mass is 16.5. The van der Waals surface area contributed by atoms with Gasteiger partial charge in [0, 0.05) is 6.42 Å². The van der Waals surface area contributed by atoms with E-state index in [2.05, 4.69) is 10.2 Å². The highest BCUT2D eigenvalue weighted by Crippen LogP contribution is 2.17. The van der Waals surface area contributed by atoms with Crippen molar-refractivity contribution in [2.75, 3.05) is 6.61 Å². The number of fused-ring (bicyclic) bond motifs is 1. The number of carbonyl (C=O) groups is 1. The van der Waals surface area contributed by atoms with Crippen molar-refractivity contribution in [2.45, 2.75) is 32.7 Å². The minimum atomic E-state index is -0.237. The summed E-state index contributed by atoms with van der Waals surface area (Å²) >= 11 is 0. The number of nitrogens with two attached hydrogens (primary N) is 1. The summed E-state index contributed by atoms with van der Waals surface area (Å²) in [6.07, 6.45) is 4.67. The first-order valence-electron chi connectivity index (χ1n) is 5.79. The lowest BCUT2D eigenvalue weighted by atomic mass is 9.96. The third-order valence-corrected chi connectivity index (χ3v) is 2.89. The molecule has 0 saturated heterocycles. The van der Waals surface area contributed by atoms with Crippen molar-refractivity contribution in [3.8, 4) is 0 Å². The Morgan fingerprint density at radius 3 is 3.18 bits per heavy atom. The standard InChI is InChI=1S/C11H16N4O2/c1-2-17-11(16)7-15-10-5-3-4-9(14-12)8(10)6-13-15/h6H,2-5,7,12H2,1H3/p+1. The number of carbonyl (C=O) groups excluding carboxylic acids is 1. The summed E-state index contributed by atoms with van der Waals surface area (Å²) in [5.74, 6) is 5.11. The van der Waals surface area contributed by atoms with E-state index in [0.717, 1.165) is 36.2 Å². The zero-order chi connectivity index (χ0) is 12.3. The fourth-order valence-corrected chi connectivity index (χ4v) is 2.14. The number of hydrazone groups is 1. The van der Waals surface area contributed by atoms with E-state index in [4.69, 9.17) is 10.6 Å². The minimum Gasteiger partial charge on any atom is -0.461 e. The zero-order valence-corrected chi connectivity index (χ0v) is 9.90. The summed E-state index contributed by atoms with van der Waals surface area (Å²) in [6.45, 7) is 2.41. The van der Waals surface area contributed by atoms with Crippen LogP contribution in [-0.4, -0.2) is 23.4 Å². The molecule has 0 bridgehead atoms. The third-order valence-electron chi connectivity index (χ3n) is 2.89. The quantitative estimate of drug-likeness (QED) is 0.332. The highest BCUT2D eigenvalue weighted by molar-refractivity contribution is 6.01. The van der Waals surface area contributed by atoms with Crippen molar-refractivity contribution in [3.05, 3.63) is 17.5 Å². The van der Waals surface area contributed by atoms with Crippen LogP contribution in [0.4, 0.5) is 0 Å². The van der Waals surface area contributed by atoms with E-state index >= 15 is 0 Å². The van der Waals surface area contributed by atoms with Gasteiger partial charge in [-0.05, 0) is 19.8 Å². The lowest BCUT2D eigenvalue weighted by Gasteiger charge is -2.09. The summed E-state index contributed by atoms with van der Waals surface area (Å²) in [7, 11) is 0. The molecule has 6 nitrogen and oxygen atoms in total. The first kappa shape index (κ1) is 11.6. The second-order valence-corrected chi connectivity index (χ2v) is 3.95. The van der Waals surface area contributed by atoms with Crippen LogP contribution in [-0.2, 0) is 22.5 Å². The van der Waals surface area contributed by atoms with Gasteiger partial charge in [-0.15, -0.1) is 4.68 Å². The smallest absolute Gasteiger partial charge is 0.375 e. The maximum absolute atomic E-state index is 11.4. The van der Waals surface area contributed by atoms with Crippen molar-refractivity contribution >= 4 is 11.7 Å². The minimum absolute atomic E-state index is 0.209. The fraction of sp³-hybridized carbons (Fsp3) is 0.545. The first-order chi connectivity index (χ1) is 8.26. The van der Waals surface area contributed by atoms with Crippen LogP contribution in [0.5, 0.6) is 0 Å². The number of ether oxygens (including phenoxy) is 1. The summed E-state index contributed by atoms with van der Waals surface area (Å²) in [6, 6.07) is 0. The van der Waals surface area contributed by atoms with E-state index < -0.39 is 0 Å². The number of hydrogen-bond donors (Lipinski definition) is 2. The van der Waals surface area contributed by atoms with Crippen LogP contribution in [0, 0.1) is 0 Å². The van der Waals surface area contributed by atoms with Crippen molar-refractivity contribution in [1.29, 1.82) is 0 Å². The maximum Gasteiger partial charge on any atom is 0.375 e. The Kier molecular flexibility index (Phi) is 3.41. The van der Waals surface area contributed by atoms with Crippen LogP contribution in [0.25, 0.3) is 0 Å². The average molecular weight is 237 g/mol. The number of esters is 1. The van der Waals surface area contributed by atoms with E-state index in [-0.39, 0.29) is 12.5 Å². The molecular formula is C11H17N4O2+. The summed E-state index contributed by atoms with van der Waals surface area (Å²) in [4.78, 5) is 11.4. The molecule has 1 heterocycles. The Balaban J connectivity index is 2.21. The Hall–Kier alpha value is -1.85. The van der Waals surface area contributed by atoms with Crippen molar-refractivity contribution in [3.63, 3.8) is 0 Å². The van der Waals surface area contributed by atoms with Crippen LogP contribution in [0.1, 0.15) is 31.0 Å². The third kappa shape index (κ3) is 2.30. The predicted octanol–water partition coefficient (Wildman–Crippen LogP) is -0.136. The summed E-state index contributed by atoms with van der Waals surface area (Å²) in [5, 5.41) is 6.83. The largest absolute Gasteiger partial charge is 0.461 e. The molecule has 1 aliphatic rings. The highest BCUT2D eigenvalue weighted by Gasteiger charge is 2.28. The Morgan fingerprint density at radius 1 is 1.65 bits per heavy atom. The van der Waals surface area contributed by atoms with Crippen LogP contribution in [0.15, 0.2) is 11.3 Å². The van der Waals surface area contributed by atoms with E-state index in [1.165, 1.54) is 0 Å². The van der Waals surface area contributed by atoms with Gasteiger partial charge in [-0.2, -0.15) is 10.2 Å². The van der Waals surface area contributed by atoms with Gasteiger partial charge in [0.2, 0.25) is 5.69 Å². The molecule has 0 aliphatic heterocycles. The molecule has 6 heteroatoms. The van der Waals surface area contributed by atoms with Gasteiger partial charge in [0.05, 0.1) is 24.1 Å². The lowest BCUT2D eigenvalue weighted by molar-refractivity contribution is -0.746. The number of rotatable bonds is 3. The van der Waals surface area contributed by atoms with Gasteiger partial charge in [0.1, 0.15) is 0 Å². The van der Waals surface area contributed by atoms with Gasteiger partial charge in [-0.25, -0.2) is 4.79 Å². The molecule has 2 rings (SSSR count). The molecule has 92 valence electrons. The molecule has 0 unspecified atom stereocenters. The van der Waals surface area contributed by atoms with Gasteiger partial charge >= 0.3 is 5.97 Å². The molecule has 0 saturated carbocycles. The molecule has 0 amide bonds. The Bertz CT molecular complexity index is 450. The molecule has 0 atom stereocenters. The molecule has 0 fully saturated rings. The van der Waals surface area contributed by atoms with Gasteiger partial charge in [-0.3, -0.25) is 0 Å². The second kappa shape index (κ2) is 4.99. The monoisotopic (exact) mass is 237 g/mol. The molecule has 0 aromatic carbocycles. The van der Waals surface area contributed by atoms with Crippen molar-refractivity contribution in [2.24, 2.45) is 10.9 Å². The van der Waals surface area contributed by atoms with E-state index in [1.54, 1.807) is 11.6 Å². The van der Waals surface area contributed by atoms with Gasteiger partial charge < -0.3 is 10.6 Å². The van der Waals surface area contributed by atoms with E-state index in [1.807, 2.05) is 6.20 Å². The van der Waals surface area contributed by atoms with Gasteiger partial charge in [0.25, 0.3) is 6.54 Å². The molecule has 1 aliphatic carbocycles. The van der Waals surface area contributed by atoms with Crippen LogP contribution in [0.2, 0.25) is 0 Å². The number of hydrogen-bond acceptors (Lipinski definition) is 4. The van der Waals surface area contributed by atoms with Crippen molar-refractivity contribution < 1.29 is 14.2 Å². The number of aromatic amines is 1. The van der Waals surface area contributed by atoms with E-state index in [9.17, 15) is 4.79 Å². The number of nitrogens with one attached hydrogen (secondary N) is 1. The second-order valence-electron chi connectivity index (χ2n) is 3.95. The number of H-pyrrole nitrogens is 1. The van der Waals surface area contributed by atoms with Gasteiger partial charge in [0.15, 0.2) is 0 Å². The molecule has 1 aromatic heterocycles. The summed E-state index contributed by atoms with van der Waals surface area (Å²) < 4.78 is 6.73. The molecule has 17 heavy (non-hydrogen) atoms. The normalized spacial score (nSPS) is 16.9. The summed E-state index contributed by atoms with van der Waals surface area (Å²) in [5.41, 5.74) is 2.99. The average Bonchev–Trinajstić information content (AvgIpc) is 2.73. The van der Waals surface area contributed by atoms with Crippen LogP contribution in [0.3, 0.4) is 0 Å². The zero-order valence-electron chi connectivity index (χ0n) is 9.90. The topological polar surface area (TPSA) is 84.3 Å². The molecule has 0 spiro atoms. The maximum atomic E-state index is 11.4. The fourth-order valence-electron chi connectivity index (χ4n) is 2.14.